The highest BCUT2D eigenvalue weighted by Gasteiger charge is 2.73. The van der Waals surface area contributed by atoms with Crippen molar-refractivity contribution in [2.24, 2.45) is 17.3 Å². The predicted molar refractivity (Wildman–Crippen MR) is 190 cm³/mol. The van der Waals surface area contributed by atoms with Gasteiger partial charge in [-0.25, -0.2) is 14.6 Å². The van der Waals surface area contributed by atoms with Crippen LogP contribution in [0.25, 0.3) is 10.9 Å². The zero-order valence-electron chi connectivity index (χ0n) is 31.0. The standard InChI is InChI=1S/C39H54N4O8/c1-7-48-35(46)38(15-9-16-38)51-31-23-30(40-29-22-25(3)10-12-27(29)31)33(44)41-28(34(45)42-17-19-43(20-18-42)36(47)49-8-2)14-21-50-39-24-26(4)11-13-32(39)37(39,5)6/h10,12,22-23,26,28,32H,7-9,11,13-21,24H2,1-6H3,(H,41,44). The lowest BCUT2D eigenvalue weighted by molar-refractivity contribution is -0.169. The summed E-state index contributed by atoms with van der Waals surface area (Å²) in [5, 5.41) is 3.67. The fraction of sp³-hybridized carbons (Fsp3) is 0.667. The van der Waals surface area contributed by atoms with Crippen molar-refractivity contribution in [2.45, 2.75) is 104 Å². The van der Waals surface area contributed by atoms with Gasteiger partial charge in [0.2, 0.25) is 11.5 Å². The molecule has 4 unspecified atom stereocenters. The molecule has 4 aliphatic rings. The van der Waals surface area contributed by atoms with Gasteiger partial charge >= 0.3 is 12.1 Å². The van der Waals surface area contributed by atoms with Gasteiger partial charge in [0.15, 0.2) is 0 Å². The highest BCUT2D eigenvalue weighted by atomic mass is 16.6. The van der Waals surface area contributed by atoms with E-state index in [2.05, 4.69) is 26.1 Å². The molecule has 4 atom stereocenters. The van der Waals surface area contributed by atoms with E-state index in [1.807, 2.05) is 25.1 Å². The molecule has 12 nitrogen and oxygen atoms in total. The second-order valence-corrected chi connectivity index (χ2v) is 15.4. The minimum absolute atomic E-state index is 0.0643. The van der Waals surface area contributed by atoms with Crippen molar-refractivity contribution in [3.8, 4) is 5.75 Å². The Balaban J connectivity index is 1.23. The third-order valence-electron chi connectivity index (χ3n) is 11.8. The number of hydrogen-bond donors (Lipinski definition) is 1. The average Bonchev–Trinajstić information content (AvgIpc) is 3.57. The number of nitrogens with one attached hydrogen (secondary N) is 1. The molecular formula is C39H54N4O8. The molecule has 0 radical (unpaired) electrons. The first-order valence-corrected chi connectivity index (χ1v) is 18.8. The summed E-state index contributed by atoms with van der Waals surface area (Å²) in [7, 11) is 0. The molecule has 4 fully saturated rings. The van der Waals surface area contributed by atoms with Crippen LogP contribution in [0.4, 0.5) is 4.79 Å². The van der Waals surface area contributed by atoms with Crippen molar-refractivity contribution in [3.05, 3.63) is 35.5 Å². The smallest absolute Gasteiger partial charge is 0.409 e. The van der Waals surface area contributed by atoms with Crippen LogP contribution in [0, 0.1) is 24.2 Å². The third kappa shape index (κ3) is 7.12. The van der Waals surface area contributed by atoms with E-state index in [0.29, 0.717) is 74.1 Å². The molecule has 12 heteroatoms. The lowest BCUT2D eigenvalue weighted by atomic mass is 9.80. The largest absolute Gasteiger partial charge is 0.475 e. The maximum atomic E-state index is 14.1. The number of aromatic nitrogens is 1. The Hall–Kier alpha value is -3.93. The van der Waals surface area contributed by atoms with E-state index in [1.165, 1.54) is 6.42 Å². The van der Waals surface area contributed by atoms with E-state index in [9.17, 15) is 19.2 Å². The summed E-state index contributed by atoms with van der Waals surface area (Å²) in [6, 6.07) is 6.35. The number of pyridine rings is 1. The summed E-state index contributed by atoms with van der Waals surface area (Å²) < 4.78 is 23.7. The number of carbonyl (C=O) groups excluding carboxylic acids is 4. The van der Waals surface area contributed by atoms with Gasteiger partial charge in [-0.1, -0.05) is 33.3 Å². The monoisotopic (exact) mass is 706 g/mol. The Morgan fingerprint density at radius 2 is 1.69 bits per heavy atom. The molecule has 1 aromatic heterocycles. The van der Waals surface area contributed by atoms with Gasteiger partial charge in [0.1, 0.15) is 17.5 Å². The number of rotatable bonds is 12. The lowest BCUT2D eigenvalue weighted by Gasteiger charge is -2.39. The Bertz CT molecular complexity index is 1650. The van der Waals surface area contributed by atoms with Gasteiger partial charge in [0.05, 0.1) is 24.3 Å². The Kier molecular flexibility index (Phi) is 10.5. The summed E-state index contributed by atoms with van der Waals surface area (Å²) >= 11 is 0. The predicted octanol–water partition coefficient (Wildman–Crippen LogP) is 5.43. The van der Waals surface area contributed by atoms with Crippen molar-refractivity contribution in [2.75, 3.05) is 46.0 Å². The number of esters is 1. The van der Waals surface area contributed by atoms with Crippen molar-refractivity contribution in [3.63, 3.8) is 0 Å². The Labute approximate surface area is 300 Å². The van der Waals surface area contributed by atoms with Gasteiger partial charge in [-0.05, 0) is 87.8 Å². The summed E-state index contributed by atoms with van der Waals surface area (Å²) in [5.74, 6) is 0.239. The minimum Gasteiger partial charge on any atom is -0.475 e. The van der Waals surface area contributed by atoms with Crippen molar-refractivity contribution in [1.82, 2.24) is 20.1 Å². The number of fused-ring (bicyclic) bond motifs is 2. The lowest BCUT2D eigenvalue weighted by Crippen LogP contribution is -2.56. The van der Waals surface area contributed by atoms with E-state index in [4.69, 9.17) is 23.9 Å². The summed E-state index contributed by atoms with van der Waals surface area (Å²) in [6.45, 7) is 14.4. The van der Waals surface area contributed by atoms with Gasteiger partial charge in [-0.2, -0.15) is 0 Å². The zero-order chi connectivity index (χ0) is 36.6. The molecule has 3 amide bonds. The van der Waals surface area contributed by atoms with E-state index < -0.39 is 29.6 Å². The SMILES string of the molecule is CCOC(=O)N1CCN(C(=O)C(CCOC23CC(C)CCC2C3(C)C)NC(=O)c2cc(OC3(C(=O)OCC)CCC3)c3ccc(C)cc3n2)CC1. The maximum absolute atomic E-state index is 14.1. The van der Waals surface area contributed by atoms with E-state index in [1.54, 1.807) is 29.7 Å². The Morgan fingerprint density at radius 3 is 2.35 bits per heavy atom. The van der Waals surface area contributed by atoms with Crippen LogP contribution in [-0.2, 0) is 23.8 Å². The molecule has 6 rings (SSSR count). The molecule has 2 aromatic rings. The molecule has 1 N–H and O–H groups in total. The molecular weight excluding hydrogens is 652 g/mol. The molecule has 278 valence electrons. The summed E-state index contributed by atoms with van der Waals surface area (Å²) in [6.07, 6.45) is 5.05. The number of piperazine rings is 1. The number of aryl methyl sites for hydroxylation is 1. The Morgan fingerprint density at radius 1 is 0.980 bits per heavy atom. The summed E-state index contributed by atoms with van der Waals surface area (Å²) in [4.78, 5) is 61.5. The second kappa shape index (κ2) is 14.6. The number of nitrogens with zero attached hydrogens (tertiary/aromatic N) is 3. The quantitative estimate of drug-likeness (QED) is 0.287. The normalized spacial score (nSPS) is 25.2. The van der Waals surface area contributed by atoms with Crippen LogP contribution >= 0.6 is 0 Å². The molecule has 1 aromatic carbocycles. The minimum atomic E-state index is -1.12. The molecule has 2 heterocycles. The summed E-state index contributed by atoms with van der Waals surface area (Å²) in [5.41, 5.74) is 0.310. The molecule has 0 spiro atoms. The molecule has 3 aliphatic carbocycles. The fourth-order valence-electron chi connectivity index (χ4n) is 8.56. The molecule has 1 aliphatic heterocycles. The van der Waals surface area contributed by atoms with E-state index in [-0.39, 0.29) is 42.3 Å². The highest BCUT2D eigenvalue weighted by molar-refractivity contribution is 5.99. The van der Waals surface area contributed by atoms with Gasteiger partial charge in [0.25, 0.3) is 5.91 Å². The van der Waals surface area contributed by atoms with Gasteiger partial charge in [-0.3, -0.25) is 9.59 Å². The van der Waals surface area contributed by atoms with Crippen molar-refractivity contribution >= 4 is 34.8 Å². The van der Waals surface area contributed by atoms with E-state index in [0.717, 1.165) is 24.8 Å². The highest BCUT2D eigenvalue weighted by Crippen LogP contribution is 2.71. The van der Waals surface area contributed by atoms with E-state index >= 15 is 0 Å². The first-order chi connectivity index (χ1) is 24.3. The number of amides is 3. The van der Waals surface area contributed by atoms with Crippen molar-refractivity contribution in [1.29, 1.82) is 0 Å². The van der Waals surface area contributed by atoms with Crippen LogP contribution in [-0.4, -0.2) is 102 Å². The number of ether oxygens (including phenoxy) is 4. The number of benzene rings is 1. The number of carbonyl (C=O) groups is 4. The molecule has 3 saturated carbocycles. The van der Waals surface area contributed by atoms with Crippen LogP contribution in [0.5, 0.6) is 5.75 Å². The molecule has 0 bridgehead atoms. The van der Waals surface area contributed by atoms with Crippen LogP contribution in [0.15, 0.2) is 24.3 Å². The first kappa shape index (κ1) is 36.8. The molecule has 1 saturated heterocycles. The van der Waals surface area contributed by atoms with Crippen molar-refractivity contribution < 1.29 is 38.1 Å². The van der Waals surface area contributed by atoms with Crippen LogP contribution in [0.3, 0.4) is 0 Å². The maximum Gasteiger partial charge on any atom is 0.409 e. The third-order valence-corrected chi connectivity index (χ3v) is 11.8. The van der Waals surface area contributed by atoms with Crippen LogP contribution in [0.2, 0.25) is 0 Å². The second-order valence-electron chi connectivity index (χ2n) is 15.4. The zero-order valence-corrected chi connectivity index (χ0v) is 31.0. The average molecular weight is 707 g/mol. The van der Waals surface area contributed by atoms with Gasteiger partial charge in [-0.15, -0.1) is 0 Å². The fourth-order valence-corrected chi connectivity index (χ4v) is 8.56. The number of hydrogen-bond acceptors (Lipinski definition) is 9. The topological polar surface area (TPSA) is 137 Å². The molecule has 51 heavy (non-hydrogen) atoms. The first-order valence-electron chi connectivity index (χ1n) is 18.8. The van der Waals surface area contributed by atoms with Gasteiger partial charge in [0, 0.05) is 50.7 Å². The van der Waals surface area contributed by atoms with Crippen LogP contribution in [0.1, 0.15) is 95.6 Å². The van der Waals surface area contributed by atoms with Crippen LogP contribution < -0.4 is 10.1 Å². The van der Waals surface area contributed by atoms with Gasteiger partial charge < -0.3 is 34.1 Å².